The van der Waals surface area contributed by atoms with E-state index in [9.17, 15) is 17.4 Å². The highest BCUT2D eigenvalue weighted by molar-refractivity contribution is 7.86. The molecular formula is C16H17F3OS. The third kappa shape index (κ3) is 3.23. The Morgan fingerprint density at radius 3 is 2.76 bits per heavy atom. The van der Waals surface area contributed by atoms with Gasteiger partial charge in [0.15, 0.2) is 0 Å². The molecule has 0 aliphatic carbocycles. The maximum Gasteiger partial charge on any atom is 0.416 e. The first-order valence-corrected chi connectivity index (χ1v) is 8.46. The van der Waals surface area contributed by atoms with Crippen molar-refractivity contribution in [2.24, 2.45) is 0 Å². The molecule has 5 heteroatoms. The van der Waals surface area contributed by atoms with Crippen LogP contribution in [0.5, 0.6) is 0 Å². The number of halogens is 3. The second-order valence-corrected chi connectivity index (χ2v) is 7.75. The zero-order valence-electron chi connectivity index (χ0n) is 11.5. The molecule has 1 aromatic rings. The van der Waals surface area contributed by atoms with Crippen LogP contribution >= 0.6 is 0 Å². The van der Waals surface area contributed by atoms with Gasteiger partial charge < -0.3 is 0 Å². The van der Waals surface area contributed by atoms with E-state index in [1.54, 1.807) is 6.07 Å². The molecule has 2 aliphatic rings. The molecule has 114 valence electrons. The van der Waals surface area contributed by atoms with Gasteiger partial charge in [0, 0.05) is 16.0 Å². The van der Waals surface area contributed by atoms with Gasteiger partial charge in [0.25, 0.3) is 0 Å². The van der Waals surface area contributed by atoms with Gasteiger partial charge in [0.2, 0.25) is 0 Å². The second-order valence-electron chi connectivity index (χ2n) is 5.82. The van der Waals surface area contributed by atoms with Crippen molar-refractivity contribution in [2.45, 2.75) is 48.8 Å². The molecule has 0 N–H and O–H groups in total. The van der Waals surface area contributed by atoms with E-state index >= 15 is 0 Å². The summed E-state index contributed by atoms with van der Waals surface area (Å²) in [6.07, 6.45) is 2.07. The molecule has 1 aromatic carbocycles. The Morgan fingerprint density at radius 1 is 1.24 bits per heavy atom. The number of allylic oxidation sites excluding steroid dienone is 1. The fourth-order valence-electron chi connectivity index (χ4n) is 3.24. The molecule has 21 heavy (non-hydrogen) atoms. The van der Waals surface area contributed by atoms with Crippen LogP contribution in [-0.4, -0.2) is 14.7 Å². The third-order valence-electron chi connectivity index (χ3n) is 4.24. The summed E-state index contributed by atoms with van der Waals surface area (Å²) in [5, 5.41) is 0.313. The van der Waals surface area contributed by atoms with E-state index in [1.165, 1.54) is 12.1 Å². The largest absolute Gasteiger partial charge is 0.416 e. The Kier molecular flexibility index (Phi) is 3.95. The molecule has 0 radical (unpaired) electrons. The lowest BCUT2D eigenvalue weighted by Crippen LogP contribution is -2.34. The molecule has 2 heterocycles. The Morgan fingerprint density at radius 2 is 2.05 bits per heavy atom. The molecule has 1 saturated heterocycles. The fourth-order valence-corrected chi connectivity index (χ4v) is 5.23. The van der Waals surface area contributed by atoms with Crippen molar-refractivity contribution in [1.82, 2.24) is 0 Å². The van der Waals surface area contributed by atoms with Gasteiger partial charge in [0.1, 0.15) is 0 Å². The van der Waals surface area contributed by atoms with Crippen LogP contribution in [0.1, 0.15) is 36.8 Å². The van der Waals surface area contributed by atoms with Gasteiger partial charge in [-0.3, -0.25) is 4.21 Å². The topological polar surface area (TPSA) is 17.1 Å². The smallest absolute Gasteiger partial charge is 0.259 e. The molecule has 0 aromatic heterocycles. The monoisotopic (exact) mass is 314 g/mol. The molecule has 3 atom stereocenters. The maximum absolute atomic E-state index is 12.7. The molecule has 2 bridgehead atoms. The molecule has 1 nitrogen and oxygen atoms in total. The minimum Gasteiger partial charge on any atom is -0.259 e. The molecule has 0 saturated carbocycles. The maximum atomic E-state index is 12.7. The lowest BCUT2D eigenvalue weighted by atomic mass is 9.93. The number of benzene rings is 1. The van der Waals surface area contributed by atoms with E-state index < -0.39 is 22.5 Å². The van der Waals surface area contributed by atoms with E-state index in [2.05, 4.69) is 0 Å². The predicted molar refractivity (Wildman–Crippen MR) is 77.4 cm³/mol. The van der Waals surface area contributed by atoms with E-state index in [0.717, 1.165) is 37.3 Å². The lowest BCUT2D eigenvalue weighted by molar-refractivity contribution is -0.137. The van der Waals surface area contributed by atoms with Crippen molar-refractivity contribution in [1.29, 1.82) is 0 Å². The van der Waals surface area contributed by atoms with Crippen molar-refractivity contribution in [3.8, 4) is 0 Å². The number of hydrogen-bond acceptors (Lipinski definition) is 1. The van der Waals surface area contributed by atoms with E-state index in [1.807, 2.05) is 6.08 Å². The Balaban J connectivity index is 1.80. The van der Waals surface area contributed by atoms with Crippen molar-refractivity contribution in [2.75, 3.05) is 0 Å². The van der Waals surface area contributed by atoms with Crippen LogP contribution in [0.4, 0.5) is 13.2 Å². The van der Waals surface area contributed by atoms with Gasteiger partial charge in [-0.1, -0.05) is 36.3 Å². The average molecular weight is 314 g/mol. The van der Waals surface area contributed by atoms with Crippen molar-refractivity contribution in [3.05, 3.63) is 47.0 Å². The molecule has 1 fully saturated rings. The first-order chi connectivity index (χ1) is 9.93. The van der Waals surface area contributed by atoms with E-state index in [-0.39, 0.29) is 10.5 Å². The molecular weight excluding hydrogens is 297 g/mol. The summed E-state index contributed by atoms with van der Waals surface area (Å²) in [6.45, 7) is 0. The molecule has 2 aliphatic heterocycles. The summed E-state index contributed by atoms with van der Waals surface area (Å²) in [6, 6.07) is 5.52. The van der Waals surface area contributed by atoms with Gasteiger partial charge in [-0.15, -0.1) is 0 Å². The molecule has 0 spiro atoms. The first-order valence-electron chi connectivity index (χ1n) is 7.18. The summed E-state index contributed by atoms with van der Waals surface area (Å²) in [4.78, 5) is 0. The molecule has 3 rings (SSSR count). The molecule has 3 unspecified atom stereocenters. The van der Waals surface area contributed by atoms with Gasteiger partial charge in [-0.05, 0) is 37.3 Å². The standard InChI is InChI=1S/C16H17F3OS/c17-16(18,19)13-4-1-3-11(8-13)7-12-9-14-5-2-6-15(10-12)21(14)20/h1,3-4,8-9,14-15H,2,5-7,10H2. The Bertz CT molecular complexity index is 591. The first kappa shape index (κ1) is 14.8. The number of hydrogen-bond donors (Lipinski definition) is 0. The highest BCUT2D eigenvalue weighted by Gasteiger charge is 2.33. The van der Waals surface area contributed by atoms with Crippen LogP contribution < -0.4 is 0 Å². The zero-order chi connectivity index (χ0) is 15.0. The zero-order valence-corrected chi connectivity index (χ0v) is 12.3. The third-order valence-corrected chi connectivity index (χ3v) is 6.27. The van der Waals surface area contributed by atoms with E-state index in [0.29, 0.717) is 12.0 Å². The van der Waals surface area contributed by atoms with Gasteiger partial charge >= 0.3 is 6.18 Å². The summed E-state index contributed by atoms with van der Waals surface area (Å²) in [5.41, 5.74) is 1.23. The number of alkyl halides is 3. The second kappa shape index (κ2) is 5.59. The van der Waals surface area contributed by atoms with Crippen LogP contribution in [0, 0.1) is 0 Å². The average Bonchev–Trinajstić information content (AvgIpc) is 2.39. The minimum atomic E-state index is -4.30. The van der Waals surface area contributed by atoms with Gasteiger partial charge in [-0.2, -0.15) is 13.2 Å². The van der Waals surface area contributed by atoms with Crippen molar-refractivity contribution >= 4 is 10.8 Å². The van der Waals surface area contributed by atoms with Gasteiger partial charge in [-0.25, -0.2) is 0 Å². The number of rotatable bonds is 2. The predicted octanol–water partition coefficient (Wildman–Crippen LogP) is 4.25. The fraction of sp³-hybridized carbons (Fsp3) is 0.500. The lowest BCUT2D eigenvalue weighted by Gasteiger charge is -2.32. The normalized spacial score (nSPS) is 29.1. The highest BCUT2D eigenvalue weighted by atomic mass is 32.2. The van der Waals surface area contributed by atoms with Gasteiger partial charge in [0.05, 0.1) is 10.8 Å². The van der Waals surface area contributed by atoms with Crippen LogP contribution in [0.25, 0.3) is 0 Å². The highest BCUT2D eigenvalue weighted by Crippen LogP contribution is 2.35. The Hall–Kier alpha value is -1.10. The van der Waals surface area contributed by atoms with Crippen molar-refractivity contribution < 1.29 is 17.4 Å². The summed E-state index contributed by atoms with van der Waals surface area (Å²) >= 11 is 0. The van der Waals surface area contributed by atoms with Crippen molar-refractivity contribution in [3.63, 3.8) is 0 Å². The minimum absolute atomic E-state index is 0.110. The van der Waals surface area contributed by atoms with Crippen LogP contribution in [-0.2, 0) is 23.4 Å². The SMILES string of the molecule is O=S1C2C=C(Cc3cccc(C(F)(F)F)c3)CC1CCC2. The van der Waals surface area contributed by atoms with Crippen LogP contribution in [0.3, 0.4) is 0 Å². The summed E-state index contributed by atoms with van der Waals surface area (Å²) in [7, 11) is -0.790. The van der Waals surface area contributed by atoms with Crippen LogP contribution in [0.15, 0.2) is 35.9 Å². The van der Waals surface area contributed by atoms with E-state index in [4.69, 9.17) is 0 Å². The summed E-state index contributed by atoms with van der Waals surface area (Å²) in [5.74, 6) is 0. The quantitative estimate of drug-likeness (QED) is 0.746. The summed E-state index contributed by atoms with van der Waals surface area (Å²) < 4.78 is 50.3. The Labute approximate surface area is 124 Å². The molecule has 0 amide bonds. The number of fused-ring (bicyclic) bond motifs is 2. The van der Waals surface area contributed by atoms with Crippen LogP contribution in [0.2, 0.25) is 0 Å².